The number of aromatic nitrogens is 2. The monoisotopic (exact) mass is 239 g/mol. The second-order valence-corrected chi connectivity index (χ2v) is 4.39. The first-order chi connectivity index (χ1) is 7.56. The van der Waals surface area contributed by atoms with Gasteiger partial charge in [-0.15, -0.1) is 0 Å². The Kier molecular flexibility index (Phi) is 3.02. The maximum Gasteiger partial charge on any atom is 0.309 e. The first kappa shape index (κ1) is 11.2. The van der Waals surface area contributed by atoms with E-state index in [9.17, 15) is 4.79 Å². The van der Waals surface area contributed by atoms with Crippen LogP contribution in [0.15, 0.2) is 0 Å². The number of nitrogens with zero attached hydrogens (tertiary/aromatic N) is 2. The fourth-order valence-corrected chi connectivity index (χ4v) is 2.17. The molecule has 0 spiro atoms. The molecule has 86 valence electrons. The number of rotatable bonds is 2. The number of carboxylic acid groups (broad SMARTS) is 1. The number of likely N-dealkylation sites (N-methyl/N-ethyl adjacent to an activating group) is 1. The molecule has 0 saturated heterocycles. The topological polar surface area (TPSA) is 69.2 Å². The van der Waals surface area contributed by atoms with Crippen molar-refractivity contribution in [1.29, 1.82) is 0 Å². The predicted octanol–water partition coefficient (Wildman–Crippen LogP) is 0.754. The van der Waals surface area contributed by atoms with Crippen molar-refractivity contribution in [3.63, 3.8) is 0 Å². The summed E-state index contributed by atoms with van der Waals surface area (Å²) in [5, 5.41) is 8.83. The van der Waals surface area contributed by atoms with Crippen molar-refractivity contribution in [2.45, 2.75) is 19.4 Å². The molecule has 0 amide bonds. The fourth-order valence-electron chi connectivity index (χ4n) is 1.94. The lowest BCUT2D eigenvalue weighted by Gasteiger charge is -2.25. The maximum absolute atomic E-state index is 10.7. The van der Waals surface area contributed by atoms with Crippen molar-refractivity contribution in [3.05, 3.63) is 21.7 Å². The van der Waals surface area contributed by atoms with Gasteiger partial charge in [0.15, 0.2) is 4.77 Å². The Balaban J connectivity index is 2.46. The van der Waals surface area contributed by atoms with Crippen LogP contribution in [0.5, 0.6) is 0 Å². The van der Waals surface area contributed by atoms with Crippen molar-refractivity contribution in [2.75, 3.05) is 13.6 Å². The summed E-state index contributed by atoms with van der Waals surface area (Å²) in [6.07, 6.45) is 0.805. The van der Waals surface area contributed by atoms with Crippen molar-refractivity contribution in [3.8, 4) is 0 Å². The van der Waals surface area contributed by atoms with Crippen LogP contribution in [0, 0.1) is 4.77 Å². The summed E-state index contributed by atoms with van der Waals surface area (Å²) in [6, 6.07) is 0. The molecular weight excluding hydrogens is 226 g/mol. The van der Waals surface area contributed by atoms with E-state index in [2.05, 4.69) is 14.9 Å². The SMILES string of the molecule is CN1CCc2[nH]c(=S)nc(CC(=O)O)c2C1. The highest BCUT2D eigenvalue weighted by molar-refractivity contribution is 7.71. The second-order valence-electron chi connectivity index (χ2n) is 4.00. The molecule has 0 unspecified atom stereocenters. The van der Waals surface area contributed by atoms with Crippen LogP contribution >= 0.6 is 12.2 Å². The third kappa shape index (κ3) is 2.28. The minimum absolute atomic E-state index is 0.0610. The Bertz CT molecular complexity index is 483. The fraction of sp³-hybridized carbons (Fsp3) is 0.500. The number of carboxylic acids is 1. The van der Waals surface area contributed by atoms with Crippen LogP contribution in [0.25, 0.3) is 0 Å². The van der Waals surface area contributed by atoms with Crippen LogP contribution in [-0.2, 0) is 24.2 Å². The Morgan fingerprint density at radius 1 is 1.69 bits per heavy atom. The van der Waals surface area contributed by atoms with E-state index in [-0.39, 0.29) is 6.42 Å². The number of fused-ring (bicyclic) bond motifs is 1. The Hall–Kier alpha value is -1.27. The van der Waals surface area contributed by atoms with Crippen molar-refractivity contribution in [2.24, 2.45) is 0 Å². The summed E-state index contributed by atoms with van der Waals surface area (Å²) in [5.74, 6) is -0.872. The van der Waals surface area contributed by atoms with Crippen LogP contribution in [0.3, 0.4) is 0 Å². The van der Waals surface area contributed by atoms with Gasteiger partial charge < -0.3 is 15.0 Å². The van der Waals surface area contributed by atoms with Gasteiger partial charge in [0.2, 0.25) is 0 Å². The summed E-state index contributed by atoms with van der Waals surface area (Å²) >= 11 is 4.99. The molecule has 0 fully saturated rings. The number of hydrogen-bond acceptors (Lipinski definition) is 4. The van der Waals surface area contributed by atoms with Crippen molar-refractivity contribution >= 4 is 18.2 Å². The van der Waals surface area contributed by atoms with E-state index in [1.165, 1.54) is 0 Å². The first-order valence-electron chi connectivity index (χ1n) is 5.07. The molecule has 0 radical (unpaired) electrons. The third-order valence-electron chi connectivity index (χ3n) is 2.70. The number of aliphatic carboxylic acids is 1. The number of hydrogen-bond donors (Lipinski definition) is 2. The zero-order chi connectivity index (χ0) is 11.7. The van der Waals surface area contributed by atoms with Crippen LogP contribution in [0.2, 0.25) is 0 Å². The molecule has 0 atom stereocenters. The van der Waals surface area contributed by atoms with E-state index < -0.39 is 5.97 Å². The Morgan fingerprint density at radius 2 is 2.44 bits per heavy atom. The predicted molar refractivity (Wildman–Crippen MR) is 60.8 cm³/mol. The van der Waals surface area contributed by atoms with E-state index in [4.69, 9.17) is 17.3 Å². The largest absolute Gasteiger partial charge is 0.481 e. The molecule has 2 rings (SSSR count). The molecule has 1 aromatic heterocycles. The van der Waals surface area contributed by atoms with E-state index in [1.807, 2.05) is 7.05 Å². The Morgan fingerprint density at radius 3 is 3.12 bits per heavy atom. The van der Waals surface area contributed by atoms with Gasteiger partial charge in [0.1, 0.15) is 0 Å². The highest BCUT2D eigenvalue weighted by atomic mass is 32.1. The molecule has 1 aromatic rings. The molecule has 1 aliphatic heterocycles. The van der Waals surface area contributed by atoms with E-state index >= 15 is 0 Å². The molecule has 0 aromatic carbocycles. The van der Waals surface area contributed by atoms with Gasteiger partial charge in [-0.1, -0.05) is 0 Å². The molecule has 1 aliphatic rings. The van der Waals surface area contributed by atoms with Gasteiger partial charge in [-0.2, -0.15) is 0 Å². The minimum atomic E-state index is -0.872. The van der Waals surface area contributed by atoms with Gasteiger partial charge in [-0.05, 0) is 19.3 Å². The second kappa shape index (κ2) is 4.31. The van der Waals surface area contributed by atoms with Gasteiger partial charge in [0, 0.05) is 30.8 Å². The van der Waals surface area contributed by atoms with Crippen LogP contribution in [0.4, 0.5) is 0 Å². The summed E-state index contributed by atoms with van der Waals surface area (Å²) in [4.78, 5) is 20.1. The number of H-pyrrole nitrogens is 1. The molecule has 2 N–H and O–H groups in total. The quantitative estimate of drug-likeness (QED) is 0.745. The molecule has 2 heterocycles. The average molecular weight is 239 g/mol. The summed E-state index contributed by atoms with van der Waals surface area (Å²) in [5.41, 5.74) is 2.62. The van der Waals surface area contributed by atoms with E-state index in [0.717, 1.165) is 30.8 Å². The summed E-state index contributed by atoms with van der Waals surface area (Å²) < 4.78 is 0.375. The highest BCUT2D eigenvalue weighted by Crippen LogP contribution is 2.19. The van der Waals surface area contributed by atoms with E-state index in [1.54, 1.807) is 0 Å². The van der Waals surface area contributed by atoms with Gasteiger partial charge in [0.05, 0.1) is 12.1 Å². The van der Waals surface area contributed by atoms with E-state index in [0.29, 0.717) is 10.5 Å². The molecular formula is C10H13N3O2S. The molecule has 5 nitrogen and oxygen atoms in total. The maximum atomic E-state index is 10.7. The van der Waals surface area contributed by atoms with Gasteiger partial charge in [0.25, 0.3) is 0 Å². The highest BCUT2D eigenvalue weighted by Gasteiger charge is 2.19. The first-order valence-corrected chi connectivity index (χ1v) is 5.48. The summed E-state index contributed by atoms with van der Waals surface area (Å²) in [7, 11) is 2.01. The number of nitrogens with one attached hydrogen (secondary N) is 1. The van der Waals surface area contributed by atoms with Crippen LogP contribution < -0.4 is 0 Å². The number of carbonyl (C=O) groups is 1. The smallest absolute Gasteiger partial charge is 0.309 e. The lowest BCUT2D eigenvalue weighted by molar-refractivity contribution is -0.136. The third-order valence-corrected chi connectivity index (χ3v) is 2.89. The summed E-state index contributed by atoms with van der Waals surface area (Å²) in [6.45, 7) is 1.69. The Labute approximate surface area is 98.1 Å². The minimum Gasteiger partial charge on any atom is -0.481 e. The normalized spacial score (nSPS) is 15.8. The van der Waals surface area contributed by atoms with Crippen molar-refractivity contribution < 1.29 is 9.90 Å². The standard InChI is InChI=1S/C10H13N3O2S/c1-13-3-2-7-6(5-13)8(4-9(14)15)12-10(16)11-7/h2-5H2,1H3,(H,14,15)(H,11,12,16). The van der Waals surface area contributed by atoms with Gasteiger partial charge in [-0.25, -0.2) is 4.98 Å². The zero-order valence-electron chi connectivity index (χ0n) is 8.99. The zero-order valence-corrected chi connectivity index (χ0v) is 9.80. The van der Waals surface area contributed by atoms with Gasteiger partial charge in [-0.3, -0.25) is 4.79 Å². The molecule has 16 heavy (non-hydrogen) atoms. The molecule has 0 bridgehead atoms. The van der Waals surface area contributed by atoms with Crippen LogP contribution in [0.1, 0.15) is 17.0 Å². The lowest BCUT2D eigenvalue weighted by atomic mass is 10.0. The van der Waals surface area contributed by atoms with Crippen LogP contribution in [-0.4, -0.2) is 39.5 Å². The molecule has 0 saturated carbocycles. The molecule has 0 aliphatic carbocycles. The number of aromatic amines is 1. The molecule has 6 heteroatoms. The average Bonchev–Trinajstić information content (AvgIpc) is 2.18. The lowest BCUT2D eigenvalue weighted by Crippen LogP contribution is -2.29. The van der Waals surface area contributed by atoms with Crippen molar-refractivity contribution in [1.82, 2.24) is 14.9 Å². The van der Waals surface area contributed by atoms with Gasteiger partial charge >= 0.3 is 5.97 Å².